The number of nitrogens with zero attached hydrogens (tertiary/aromatic N) is 1. The molecule has 1 fully saturated rings. The highest BCUT2D eigenvalue weighted by molar-refractivity contribution is 5.86. The Hall–Kier alpha value is -1.26. The quantitative estimate of drug-likeness (QED) is 0.781. The Bertz CT molecular complexity index is 284. The Labute approximate surface area is 109 Å². The van der Waals surface area contributed by atoms with Crippen LogP contribution in [0.15, 0.2) is 0 Å². The highest BCUT2D eigenvalue weighted by Crippen LogP contribution is 2.17. The number of rotatable bonds is 5. The predicted octanol–water partition coefficient (Wildman–Crippen LogP) is 1.49. The van der Waals surface area contributed by atoms with Crippen LogP contribution in [0.2, 0.25) is 0 Å². The average Bonchev–Trinajstić information content (AvgIpc) is 2.82. The Morgan fingerprint density at radius 1 is 1.22 bits per heavy atom. The minimum atomic E-state index is -0.466. The fourth-order valence-corrected chi connectivity index (χ4v) is 2.36. The van der Waals surface area contributed by atoms with Crippen LogP contribution in [0.3, 0.4) is 0 Å². The number of hydrogen-bond donors (Lipinski definition) is 2. The van der Waals surface area contributed by atoms with Crippen LogP contribution in [0.25, 0.3) is 0 Å². The van der Waals surface area contributed by atoms with Crippen molar-refractivity contribution in [3.05, 3.63) is 0 Å². The molecule has 0 aromatic rings. The second-order valence-electron chi connectivity index (χ2n) is 4.83. The molecule has 1 aliphatic carbocycles. The molecule has 0 aromatic heterocycles. The summed E-state index contributed by atoms with van der Waals surface area (Å²) in [7, 11) is 0. The lowest BCUT2D eigenvalue weighted by Gasteiger charge is -2.24. The molecule has 5 nitrogen and oxygen atoms in total. The molecule has 104 valence electrons. The molecule has 5 heteroatoms. The molecule has 0 aromatic carbocycles. The minimum absolute atomic E-state index is 0.0263. The lowest BCUT2D eigenvalue weighted by atomic mass is 10.2. The molecule has 1 saturated carbocycles. The summed E-state index contributed by atoms with van der Waals surface area (Å²) in [4.78, 5) is 25.4. The summed E-state index contributed by atoms with van der Waals surface area (Å²) < 4.78 is 0. The van der Waals surface area contributed by atoms with Crippen molar-refractivity contribution in [3.63, 3.8) is 0 Å². The molecule has 1 atom stereocenters. The summed E-state index contributed by atoms with van der Waals surface area (Å²) in [6, 6.07) is -0.415. The van der Waals surface area contributed by atoms with Crippen molar-refractivity contribution in [2.75, 3.05) is 13.1 Å². The monoisotopic (exact) mass is 255 g/mol. The van der Waals surface area contributed by atoms with E-state index in [9.17, 15) is 9.59 Å². The van der Waals surface area contributed by atoms with Gasteiger partial charge in [0.25, 0.3) is 0 Å². The van der Waals surface area contributed by atoms with E-state index in [4.69, 9.17) is 0 Å². The van der Waals surface area contributed by atoms with Gasteiger partial charge in [0.1, 0.15) is 6.04 Å². The van der Waals surface area contributed by atoms with E-state index in [1.807, 2.05) is 13.8 Å². The van der Waals surface area contributed by atoms with Crippen LogP contribution < -0.4 is 10.6 Å². The zero-order valence-electron chi connectivity index (χ0n) is 11.7. The minimum Gasteiger partial charge on any atom is -0.341 e. The molecule has 0 radical (unpaired) electrons. The maximum Gasteiger partial charge on any atom is 0.315 e. The topological polar surface area (TPSA) is 61.4 Å². The first-order valence-corrected chi connectivity index (χ1v) is 6.94. The van der Waals surface area contributed by atoms with Gasteiger partial charge in [0, 0.05) is 19.1 Å². The lowest BCUT2D eigenvalue weighted by molar-refractivity contribution is -0.132. The van der Waals surface area contributed by atoms with Gasteiger partial charge in [0.2, 0.25) is 5.91 Å². The smallest absolute Gasteiger partial charge is 0.315 e. The van der Waals surface area contributed by atoms with Crippen molar-refractivity contribution < 1.29 is 9.59 Å². The van der Waals surface area contributed by atoms with Crippen molar-refractivity contribution in [3.8, 4) is 0 Å². The van der Waals surface area contributed by atoms with Gasteiger partial charge in [-0.05, 0) is 33.6 Å². The van der Waals surface area contributed by atoms with Crippen LogP contribution in [0.4, 0.5) is 4.79 Å². The molecular weight excluding hydrogens is 230 g/mol. The van der Waals surface area contributed by atoms with E-state index < -0.39 is 6.04 Å². The van der Waals surface area contributed by atoms with E-state index >= 15 is 0 Å². The van der Waals surface area contributed by atoms with Crippen molar-refractivity contribution in [1.82, 2.24) is 15.5 Å². The summed E-state index contributed by atoms with van der Waals surface area (Å²) in [6.07, 6.45) is 4.45. The van der Waals surface area contributed by atoms with Gasteiger partial charge in [-0.2, -0.15) is 0 Å². The fourth-order valence-electron chi connectivity index (χ4n) is 2.36. The van der Waals surface area contributed by atoms with Gasteiger partial charge in [0.05, 0.1) is 0 Å². The number of carbonyl (C=O) groups is 2. The first-order valence-electron chi connectivity index (χ1n) is 6.94. The van der Waals surface area contributed by atoms with Crippen LogP contribution in [0.5, 0.6) is 0 Å². The van der Waals surface area contributed by atoms with Crippen LogP contribution in [-0.4, -0.2) is 42.0 Å². The second-order valence-corrected chi connectivity index (χ2v) is 4.83. The van der Waals surface area contributed by atoms with E-state index in [2.05, 4.69) is 10.6 Å². The number of urea groups is 1. The van der Waals surface area contributed by atoms with Gasteiger partial charge >= 0.3 is 6.03 Å². The van der Waals surface area contributed by atoms with Crippen LogP contribution in [-0.2, 0) is 4.79 Å². The normalized spacial score (nSPS) is 17.3. The highest BCUT2D eigenvalue weighted by atomic mass is 16.2. The van der Waals surface area contributed by atoms with Crippen molar-refractivity contribution in [2.24, 2.45) is 0 Å². The molecule has 1 unspecified atom stereocenters. The standard InChI is InChI=1S/C13H25N3O2/c1-4-16(5-2)12(17)10(3)14-13(18)15-11-8-6-7-9-11/h10-11H,4-9H2,1-3H3,(H2,14,15,18). The van der Waals surface area contributed by atoms with Crippen LogP contribution in [0, 0.1) is 0 Å². The molecule has 0 heterocycles. The molecule has 1 aliphatic rings. The maximum absolute atomic E-state index is 12.0. The van der Waals surface area contributed by atoms with Gasteiger partial charge in [-0.15, -0.1) is 0 Å². The molecule has 0 bridgehead atoms. The second kappa shape index (κ2) is 7.24. The van der Waals surface area contributed by atoms with Gasteiger partial charge in [-0.25, -0.2) is 4.79 Å². The number of hydrogen-bond acceptors (Lipinski definition) is 2. The van der Waals surface area contributed by atoms with Crippen LogP contribution >= 0.6 is 0 Å². The average molecular weight is 255 g/mol. The molecular formula is C13H25N3O2. The molecule has 18 heavy (non-hydrogen) atoms. The molecule has 3 amide bonds. The largest absolute Gasteiger partial charge is 0.341 e. The highest BCUT2D eigenvalue weighted by Gasteiger charge is 2.22. The summed E-state index contributed by atoms with van der Waals surface area (Å²) in [5, 5.41) is 5.63. The van der Waals surface area contributed by atoms with E-state index in [-0.39, 0.29) is 18.0 Å². The third-order valence-corrected chi connectivity index (χ3v) is 3.48. The number of amides is 3. The van der Waals surface area contributed by atoms with E-state index in [1.165, 1.54) is 12.8 Å². The third kappa shape index (κ3) is 4.20. The summed E-state index contributed by atoms with van der Waals surface area (Å²) in [6.45, 7) is 6.95. The Morgan fingerprint density at radius 3 is 2.28 bits per heavy atom. The number of likely N-dealkylation sites (N-methyl/N-ethyl adjacent to an activating group) is 1. The Balaban J connectivity index is 2.35. The van der Waals surface area contributed by atoms with E-state index in [0.717, 1.165) is 12.8 Å². The fraction of sp³-hybridized carbons (Fsp3) is 0.846. The molecule has 0 spiro atoms. The van der Waals surface area contributed by atoms with Gasteiger partial charge in [0.15, 0.2) is 0 Å². The predicted molar refractivity (Wildman–Crippen MR) is 71.3 cm³/mol. The first-order chi connectivity index (χ1) is 8.58. The van der Waals surface area contributed by atoms with E-state index in [1.54, 1.807) is 11.8 Å². The van der Waals surface area contributed by atoms with Crippen LogP contribution in [0.1, 0.15) is 46.5 Å². The van der Waals surface area contributed by atoms with Crippen molar-refractivity contribution in [2.45, 2.75) is 58.5 Å². The van der Waals surface area contributed by atoms with Crippen molar-refractivity contribution in [1.29, 1.82) is 0 Å². The number of carbonyl (C=O) groups excluding carboxylic acids is 2. The number of nitrogens with one attached hydrogen (secondary N) is 2. The molecule has 0 saturated heterocycles. The van der Waals surface area contributed by atoms with Gasteiger partial charge in [-0.1, -0.05) is 12.8 Å². The van der Waals surface area contributed by atoms with E-state index in [0.29, 0.717) is 13.1 Å². The first kappa shape index (κ1) is 14.8. The molecule has 1 rings (SSSR count). The SMILES string of the molecule is CCN(CC)C(=O)C(C)NC(=O)NC1CCCC1. The van der Waals surface area contributed by atoms with Crippen molar-refractivity contribution >= 4 is 11.9 Å². The summed E-state index contributed by atoms with van der Waals surface area (Å²) >= 11 is 0. The summed E-state index contributed by atoms with van der Waals surface area (Å²) in [5.74, 6) is -0.0263. The Kier molecular flexibility index (Phi) is 5.95. The Morgan fingerprint density at radius 2 is 1.78 bits per heavy atom. The molecule has 0 aliphatic heterocycles. The van der Waals surface area contributed by atoms with Gasteiger partial charge < -0.3 is 15.5 Å². The summed E-state index contributed by atoms with van der Waals surface area (Å²) in [5.41, 5.74) is 0. The third-order valence-electron chi connectivity index (χ3n) is 3.48. The maximum atomic E-state index is 12.0. The molecule has 2 N–H and O–H groups in total. The zero-order chi connectivity index (χ0) is 13.5. The lowest BCUT2D eigenvalue weighted by Crippen LogP contribution is -2.51. The van der Waals surface area contributed by atoms with Gasteiger partial charge in [-0.3, -0.25) is 4.79 Å². The zero-order valence-corrected chi connectivity index (χ0v) is 11.7.